The van der Waals surface area contributed by atoms with E-state index in [0.717, 1.165) is 16.9 Å². The molecule has 1 fully saturated rings. The van der Waals surface area contributed by atoms with Crippen LogP contribution >= 0.6 is 11.8 Å². The van der Waals surface area contributed by atoms with Crippen LogP contribution in [0.3, 0.4) is 0 Å². The highest BCUT2D eigenvalue weighted by molar-refractivity contribution is 8.00. The van der Waals surface area contributed by atoms with Gasteiger partial charge in [0.1, 0.15) is 0 Å². The molecule has 0 aliphatic carbocycles. The molecule has 6 heteroatoms. The molecule has 1 aliphatic heterocycles. The number of thioether (sulfide) groups is 1. The smallest absolute Gasteiger partial charge is 0.243 e. The lowest BCUT2D eigenvalue weighted by Gasteiger charge is -2.37. The Kier molecular flexibility index (Phi) is 5.03. The van der Waals surface area contributed by atoms with Crippen molar-refractivity contribution in [2.24, 2.45) is 0 Å². The summed E-state index contributed by atoms with van der Waals surface area (Å²) in [6.07, 6.45) is 0. The molecular weight excluding hydrogens is 304 g/mol. The van der Waals surface area contributed by atoms with Gasteiger partial charge in [-0.1, -0.05) is 12.1 Å². The fourth-order valence-corrected chi connectivity index (χ4v) is 5.82. The lowest BCUT2D eigenvalue weighted by Crippen LogP contribution is -2.46. The summed E-state index contributed by atoms with van der Waals surface area (Å²) in [4.78, 5) is 0.443. The van der Waals surface area contributed by atoms with Crippen molar-refractivity contribution in [3.63, 3.8) is 0 Å². The van der Waals surface area contributed by atoms with Crippen molar-refractivity contribution in [1.29, 1.82) is 0 Å². The summed E-state index contributed by atoms with van der Waals surface area (Å²) in [5, 5.41) is 3.08. The third-order valence-electron chi connectivity index (χ3n) is 3.77. The molecule has 1 aliphatic rings. The van der Waals surface area contributed by atoms with Crippen LogP contribution in [-0.4, -0.2) is 43.4 Å². The van der Waals surface area contributed by atoms with Gasteiger partial charge < -0.3 is 5.32 Å². The highest BCUT2D eigenvalue weighted by atomic mass is 32.2. The van der Waals surface area contributed by atoms with Crippen LogP contribution in [0.5, 0.6) is 0 Å². The molecular formula is C15H24N2O2S2. The average molecular weight is 329 g/mol. The molecule has 0 aromatic heterocycles. The highest BCUT2D eigenvalue weighted by Crippen LogP contribution is 2.33. The molecule has 1 N–H and O–H groups in total. The van der Waals surface area contributed by atoms with Crippen LogP contribution in [0.2, 0.25) is 0 Å². The predicted octanol–water partition coefficient (Wildman–Crippen LogP) is 2.23. The molecule has 0 atom stereocenters. The second-order valence-electron chi connectivity index (χ2n) is 6.02. The summed E-state index contributed by atoms with van der Waals surface area (Å²) in [5.74, 6) is 0.849. The van der Waals surface area contributed by atoms with Crippen molar-refractivity contribution in [1.82, 2.24) is 9.62 Å². The Morgan fingerprint density at radius 3 is 2.71 bits per heavy atom. The Hall–Kier alpha value is -0.560. The molecule has 1 aromatic rings. The molecule has 0 bridgehead atoms. The van der Waals surface area contributed by atoms with Crippen LogP contribution < -0.4 is 5.32 Å². The minimum atomic E-state index is -3.41. The molecule has 0 spiro atoms. The molecule has 0 amide bonds. The van der Waals surface area contributed by atoms with E-state index < -0.39 is 10.0 Å². The summed E-state index contributed by atoms with van der Waals surface area (Å²) in [7, 11) is -1.55. The van der Waals surface area contributed by atoms with Gasteiger partial charge in [-0.2, -0.15) is 16.1 Å². The summed E-state index contributed by atoms with van der Waals surface area (Å²) in [6.45, 7) is 7.93. The van der Waals surface area contributed by atoms with Crippen LogP contribution in [-0.2, 0) is 16.6 Å². The minimum Gasteiger partial charge on any atom is -0.316 e. The number of benzene rings is 1. The van der Waals surface area contributed by atoms with E-state index in [2.05, 4.69) is 19.2 Å². The maximum atomic E-state index is 12.9. The average Bonchev–Trinajstić information content (AvgIpc) is 2.40. The van der Waals surface area contributed by atoms with Gasteiger partial charge in [0.2, 0.25) is 10.0 Å². The molecule has 1 heterocycles. The van der Waals surface area contributed by atoms with Crippen molar-refractivity contribution >= 4 is 21.8 Å². The molecule has 0 unspecified atom stereocenters. The number of nitrogens with zero attached hydrogens (tertiary/aromatic N) is 1. The molecule has 1 saturated heterocycles. The normalized spacial score (nSPS) is 19.6. The SMILES string of the molecule is CNCc1cccc(S(=O)(=O)N2CCSC(C)(C)C2)c1C. The van der Waals surface area contributed by atoms with Gasteiger partial charge in [-0.3, -0.25) is 0 Å². The zero-order valence-electron chi connectivity index (χ0n) is 13.1. The molecule has 2 rings (SSSR count). The van der Waals surface area contributed by atoms with Gasteiger partial charge in [0.05, 0.1) is 4.90 Å². The van der Waals surface area contributed by atoms with Crippen molar-refractivity contribution in [2.45, 2.75) is 37.0 Å². The number of sulfonamides is 1. The van der Waals surface area contributed by atoms with E-state index in [-0.39, 0.29) is 4.75 Å². The first-order valence-electron chi connectivity index (χ1n) is 7.15. The zero-order chi connectivity index (χ0) is 15.7. The zero-order valence-corrected chi connectivity index (χ0v) is 14.8. The Morgan fingerprint density at radius 1 is 1.38 bits per heavy atom. The van der Waals surface area contributed by atoms with Crippen LogP contribution in [0.1, 0.15) is 25.0 Å². The van der Waals surface area contributed by atoms with Crippen LogP contribution in [0.15, 0.2) is 23.1 Å². The van der Waals surface area contributed by atoms with E-state index in [1.165, 1.54) is 0 Å². The first-order valence-corrected chi connectivity index (χ1v) is 9.58. The molecule has 0 saturated carbocycles. The molecule has 118 valence electrons. The lowest BCUT2D eigenvalue weighted by atomic mass is 10.1. The van der Waals surface area contributed by atoms with Crippen LogP contribution in [0.4, 0.5) is 0 Å². The van der Waals surface area contributed by atoms with Crippen molar-refractivity contribution in [2.75, 3.05) is 25.9 Å². The van der Waals surface area contributed by atoms with E-state index in [0.29, 0.717) is 24.5 Å². The Labute approximate surface area is 132 Å². The maximum absolute atomic E-state index is 12.9. The topological polar surface area (TPSA) is 49.4 Å². The Balaban J connectivity index is 2.38. The van der Waals surface area contributed by atoms with Gasteiger partial charge >= 0.3 is 0 Å². The second kappa shape index (κ2) is 6.28. The van der Waals surface area contributed by atoms with Gasteiger partial charge in [-0.15, -0.1) is 0 Å². The van der Waals surface area contributed by atoms with E-state index in [1.807, 2.05) is 37.9 Å². The first-order chi connectivity index (χ1) is 9.78. The van der Waals surface area contributed by atoms with E-state index in [9.17, 15) is 8.42 Å². The molecule has 21 heavy (non-hydrogen) atoms. The third kappa shape index (κ3) is 3.62. The Bertz CT molecular complexity index is 612. The van der Waals surface area contributed by atoms with E-state index >= 15 is 0 Å². The quantitative estimate of drug-likeness (QED) is 0.921. The standard InChI is InChI=1S/C15H24N2O2S2/c1-12-13(10-16-4)6-5-7-14(12)21(18,19)17-8-9-20-15(2,3)11-17/h5-7,16H,8-11H2,1-4H3. The number of hydrogen-bond acceptors (Lipinski definition) is 4. The number of rotatable bonds is 4. The first kappa shape index (κ1) is 16.8. The van der Waals surface area contributed by atoms with Crippen LogP contribution in [0, 0.1) is 6.92 Å². The third-order valence-corrected chi connectivity index (χ3v) is 7.06. The van der Waals surface area contributed by atoms with Gasteiger partial charge in [0.25, 0.3) is 0 Å². The van der Waals surface area contributed by atoms with Gasteiger partial charge in [0.15, 0.2) is 0 Å². The van der Waals surface area contributed by atoms with Crippen molar-refractivity contribution in [3.05, 3.63) is 29.3 Å². The second-order valence-corrected chi connectivity index (χ2v) is 9.73. The van der Waals surface area contributed by atoms with Crippen LogP contribution in [0.25, 0.3) is 0 Å². The van der Waals surface area contributed by atoms with Gasteiger partial charge in [-0.05, 0) is 45.0 Å². The lowest BCUT2D eigenvalue weighted by molar-refractivity contribution is 0.387. The largest absolute Gasteiger partial charge is 0.316 e. The minimum absolute atomic E-state index is 0.0260. The van der Waals surface area contributed by atoms with Gasteiger partial charge in [-0.25, -0.2) is 8.42 Å². The monoisotopic (exact) mass is 328 g/mol. The maximum Gasteiger partial charge on any atom is 0.243 e. The van der Waals surface area contributed by atoms with E-state index in [1.54, 1.807) is 10.4 Å². The molecule has 1 aromatic carbocycles. The summed E-state index contributed by atoms with van der Waals surface area (Å²) in [5.41, 5.74) is 1.88. The Morgan fingerprint density at radius 2 is 2.10 bits per heavy atom. The fraction of sp³-hybridized carbons (Fsp3) is 0.600. The number of nitrogens with one attached hydrogen (secondary N) is 1. The summed E-state index contributed by atoms with van der Waals surface area (Å²) >= 11 is 1.83. The molecule has 0 radical (unpaired) electrons. The van der Waals surface area contributed by atoms with Crippen molar-refractivity contribution < 1.29 is 8.42 Å². The number of hydrogen-bond donors (Lipinski definition) is 1. The fourth-order valence-electron chi connectivity index (χ4n) is 2.64. The summed E-state index contributed by atoms with van der Waals surface area (Å²) < 4.78 is 27.5. The molecule has 4 nitrogen and oxygen atoms in total. The predicted molar refractivity (Wildman–Crippen MR) is 89.2 cm³/mol. The van der Waals surface area contributed by atoms with Crippen molar-refractivity contribution in [3.8, 4) is 0 Å². The summed E-state index contributed by atoms with van der Waals surface area (Å²) in [6, 6.07) is 5.52. The highest BCUT2D eigenvalue weighted by Gasteiger charge is 2.35. The van der Waals surface area contributed by atoms with E-state index in [4.69, 9.17) is 0 Å². The van der Waals surface area contributed by atoms with Gasteiger partial charge in [0, 0.05) is 30.1 Å².